The monoisotopic (exact) mass is 362 g/mol. The predicted octanol–water partition coefficient (Wildman–Crippen LogP) is 4.79. The van der Waals surface area contributed by atoms with Crippen LogP contribution in [0, 0.1) is 0 Å². The summed E-state index contributed by atoms with van der Waals surface area (Å²) in [6, 6.07) is 11.0. The van der Waals surface area contributed by atoms with Crippen molar-refractivity contribution < 1.29 is 0 Å². The third-order valence-corrected chi connectivity index (χ3v) is 5.79. The van der Waals surface area contributed by atoms with E-state index in [4.69, 9.17) is 5.73 Å². The Bertz CT molecular complexity index is 744. The van der Waals surface area contributed by atoms with Gasteiger partial charge >= 0.3 is 0 Å². The van der Waals surface area contributed by atoms with Crippen molar-refractivity contribution in [2.24, 2.45) is 5.73 Å². The van der Waals surface area contributed by atoms with Crippen molar-refractivity contribution in [3.8, 4) is 0 Å². The molecule has 2 N–H and O–H groups in total. The molecule has 2 heterocycles. The normalized spacial score (nSPS) is 12.9. The minimum absolute atomic E-state index is 0.229. The molecule has 21 heavy (non-hydrogen) atoms. The fourth-order valence-electron chi connectivity index (χ4n) is 2.66. The molecule has 3 aromatic rings. The van der Waals surface area contributed by atoms with Crippen molar-refractivity contribution in [1.82, 2.24) is 4.57 Å². The first-order valence-electron chi connectivity index (χ1n) is 7.23. The summed E-state index contributed by atoms with van der Waals surface area (Å²) in [6.07, 6.45) is 4.12. The van der Waals surface area contributed by atoms with Crippen molar-refractivity contribution in [3.05, 3.63) is 56.8 Å². The second-order valence-corrected chi connectivity index (χ2v) is 7.22. The number of rotatable bonds is 5. The zero-order valence-corrected chi connectivity index (χ0v) is 14.5. The SMILES string of the molecule is CCC(N)Cc1cccc2ccn(Cc3sccc3Br)c12. The largest absolute Gasteiger partial charge is 0.342 e. The van der Waals surface area contributed by atoms with Crippen LogP contribution in [0.3, 0.4) is 0 Å². The van der Waals surface area contributed by atoms with Crippen molar-refractivity contribution in [1.29, 1.82) is 0 Å². The van der Waals surface area contributed by atoms with Crippen molar-refractivity contribution in [2.45, 2.75) is 32.4 Å². The van der Waals surface area contributed by atoms with Crippen LogP contribution < -0.4 is 5.73 Å². The van der Waals surface area contributed by atoms with Crippen LogP contribution in [0.4, 0.5) is 0 Å². The van der Waals surface area contributed by atoms with Gasteiger partial charge in [-0.15, -0.1) is 11.3 Å². The molecule has 2 aromatic heterocycles. The Labute approximate surface area is 137 Å². The maximum absolute atomic E-state index is 6.16. The van der Waals surface area contributed by atoms with Gasteiger partial charge in [-0.25, -0.2) is 0 Å². The van der Waals surface area contributed by atoms with E-state index in [0.717, 1.165) is 19.4 Å². The summed E-state index contributed by atoms with van der Waals surface area (Å²) in [4.78, 5) is 1.35. The second-order valence-electron chi connectivity index (χ2n) is 5.36. The topological polar surface area (TPSA) is 30.9 Å². The maximum Gasteiger partial charge on any atom is 0.0580 e. The van der Waals surface area contributed by atoms with E-state index in [2.05, 4.69) is 69.3 Å². The van der Waals surface area contributed by atoms with E-state index in [1.807, 2.05) is 0 Å². The number of aromatic nitrogens is 1. The van der Waals surface area contributed by atoms with Gasteiger partial charge in [0.25, 0.3) is 0 Å². The molecular formula is C17H19BrN2S. The summed E-state index contributed by atoms with van der Waals surface area (Å²) >= 11 is 5.41. The van der Waals surface area contributed by atoms with E-state index in [1.54, 1.807) is 11.3 Å². The number of hydrogen-bond acceptors (Lipinski definition) is 2. The third-order valence-electron chi connectivity index (χ3n) is 3.88. The number of nitrogens with zero attached hydrogens (tertiary/aromatic N) is 1. The van der Waals surface area contributed by atoms with Crippen LogP contribution in [0.25, 0.3) is 10.9 Å². The zero-order chi connectivity index (χ0) is 14.8. The molecule has 0 fully saturated rings. The van der Waals surface area contributed by atoms with Crippen LogP contribution >= 0.6 is 27.3 Å². The van der Waals surface area contributed by atoms with E-state index in [0.29, 0.717) is 0 Å². The van der Waals surface area contributed by atoms with Crippen molar-refractivity contribution in [3.63, 3.8) is 0 Å². The molecule has 2 nitrogen and oxygen atoms in total. The maximum atomic E-state index is 6.16. The minimum atomic E-state index is 0.229. The number of nitrogens with two attached hydrogens (primary N) is 1. The molecule has 1 aromatic carbocycles. The minimum Gasteiger partial charge on any atom is -0.342 e. The molecule has 0 radical (unpaired) electrons. The molecule has 0 aliphatic carbocycles. The quantitative estimate of drug-likeness (QED) is 0.694. The summed E-state index contributed by atoms with van der Waals surface area (Å²) in [5.41, 5.74) is 8.83. The number of halogens is 1. The summed E-state index contributed by atoms with van der Waals surface area (Å²) in [5.74, 6) is 0. The average molecular weight is 363 g/mol. The van der Waals surface area contributed by atoms with Crippen LogP contribution in [-0.4, -0.2) is 10.6 Å². The molecule has 0 aliphatic rings. The molecule has 110 valence electrons. The fraction of sp³-hybridized carbons (Fsp3) is 0.294. The van der Waals surface area contributed by atoms with Crippen LogP contribution in [0.5, 0.6) is 0 Å². The molecule has 0 amide bonds. The fourth-order valence-corrected chi connectivity index (χ4v) is 4.13. The Morgan fingerprint density at radius 2 is 2.14 bits per heavy atom. The molecular weight excluding hydrogens is 344 g/mol. The number of thiophene rings is 1. The van der Waals surface area contributed by atoms with Crippen molar-refractivity contribution in [2.75, 3.05) is 0 Å². The second kappa shape index (κ2) is 6.34. The summed E-state index contributed by atoms with van der Waals surface area (Å²) < 4.78 is 3.53. The Morgan fingerprint density at radius 1 is 1.29 bits per heavy atom. The molecule has 1 unspecified atom stereocenters. The highest BCUT2D eigenvalue weighted by atomic mass is 79.9. The molecule has 4 heteroatoms. The Hall–Kier alpha value is -1.10. The van der Waals surface area contributed by atoms with Gasteiger partial charge in [0, 0.05) is 21.6 Å². The zero-order valence-electron chi connectivity index (χ0n) is 12.1. The Morgan fingerprint density at radius 3 is 2.86 bits per heavy atom. The lowest BCUT2D eigenvalue weighted by atomic mass is 10.0. The number of hydrogen-bond donors (Lipinski definition) is 1. The molecule has 0 saturated carbocycles. The highest BCUT2D eigenvalue weighted by molar-refractivity contribution is 9.10. The summed E-state index contributed by atoms with van der Waals surface area (Å²) in [6.45, 7) is 3.05. The number of benzene rings is 1. The summed E-state index contributed by atoms with van der Waals surface area (Å²) in [5, 5.41) is 3.42. The highest BCUT2D eigenvalue weighted by Gasteiger charge is 2.11. The first-order valence-corrected chi connectivity index (χ1v) is 8.90. The molecule has 1 atom stereocenters. The van der Waals surface area contributed by atoms with Gasteiger partial charge in [-0.05, 0) is 57.2 Å². The van der Waals surface area contributed by atoms with Gasteiger partial charge in [0.15, 0.2) is 0 Å². The highest BCUT2D eigenvalue weighted by Crippen LogP contribution is 2.27. The predicted molar refractivity (Wildman–Crippen MR) is 95.0 cm³/mol. The molecule has 3 rings (SSSR count). The Balaban J connectivity index is 2.01. The molecule has 0 bridgehead atoms. The van der Waals surface area contributed by atoms with Gasteiger partial charge < -0.3 is 10.3 Å². The van der Waals surface area contributed by atoms with E-state index in [9.17, 15) is 0 Å². The van der Waals surface area contributed by atoms with Crippen LogP contribution in [0.15, 0.2) is 46.4 Å². The number of fused-ring (bicyclic) bond motifs is 1. The average Bonchev–Trinajstić information content (AvgIpc) is 3.07. The van der Waals surface area contributed by atoms with Crippen molar-refractivity contribution >= 4 is 38.2 Å². The lowest BCUT2D eigenvalue weighted by molar-refractivity contribution is 0.646. The van der Waals surface area contributed by atoms with Gasteiger partial charge in [0.05, 0.1) is 12.1 Å². The van der Waals surface area contributed by atoms with Gasteiger partial charge in [-0.3, -0.25) is 0 Å². The Kier molecular flexibility index (Phi) is 4.48. The lowest BCUT2D eigenvalue weighted by Crippen LogP contribution is -2.21. The van der Waals surface area contributed by atoms with Crippen LogP contribution in [0.1, 0.15) is 23.8 Å². The van der Waals surface area contributed by atoms with Crippen LogP contribution in [-0.2, 0) is 13.0 Å². The third kappa shape index (κ3) is 3.07. The smallest absolute Gasteiger partial charge is 0.0580 e. The standard InChI is InChI=1S/C17H19BrN2S/c1-2-14(19)10-13-5-3-4-12-6-8-20(17(12)13)11-16-15(18)7-9-21-16/h3-9,14H,2,10-11,19H2,1H3. The first kappa shape index (κ1) is 14.8. The molecule has 0 aliphatic heterocycles. The first-order chi connectivity index (χ1) is 10.2. The van der Waals surface area contributed by atoms with E-state index in [-0.39, 0.29) is 6.04 Å². The molecule has 0 saturated heterocycles. The van der Waals surface area contributed by atoms with Crippen LogP contribution in [0.2, 0.25) is 0 Å². The number of para-hydroxylation sites is 1. The van der Waals surface area contributed by atoms with Gasteiger partial charge in [-0.2, -0.15) is 0 Å². The van der Waals surface area contributed by atoms with Gasteiger partial charge in [0.2, 0.25) is 0 Å². The summed E-state index contributed by atoms with van der Waals surface area (Å²) in [7, 11) is 0. The van der Waals surface area contributed by atoms with Gasteiger partial charge in [0.1, 0.15) is 0 Å². The van der Waals surface area contributed by atoms with E-state index in [1.165, 1.54) is 25.8 Å². The van der Waals surface area contributed by atoms with E-state index < -0.39 is 0 Å². The molecule has 0 spiro atoms. The van der Waals surface area contributed by atoms with E-state index >= 15 is 0 Å². The lowest BCUT2D eigenvalue weighted by Gasteiger charge is -2.13. The van der Waals surface area contributed by atoms with Gasteiger partial charge in [-0.1, -0.05) is 25.1 Å².